The van der Waals surface area contributed by atoms with E-state index in [0.29, 0.717) is 24.3 Å². The molecule has 2 amide bonds. The summed E-state index contributed by atoms with van der Waals surface area (Å²) in [4.78, 5) is 26.7. The third-order valence-electron chi connectivity index (χ3n) is 4.70. The molecule has 0 atom stereocenters. The number of carbonyl (C=O) groups excluding carboxylic acids is 2. The fraction of sp³-hybridized carbons (Fsp3) is 0.300. The topological polar surface area (TPSA) is 58.6 Å². The number of hydrogen-bond donors (Lipinski definition) is 1. The molecule has 4 rings (SSSR count). The summed E-state index contributed by atoms with van der Waals surface area (Å²) >= 11 is 0. The molecule has 0 fully saturated rings. The van der Waals surface area contributed by atoms with E-state index in [-0.39, 0.29) is 11.8 Å². The van der Waals surface area contributed by atoms with E-state index in [1.54, 1.807) is 12.1 Å². The number of para-hydroxylation sites is 1. The van der Waals surface area contributed by atoms with E-state index >= 15 is 0 Å². The van der Waals surface area contributed by atoms with Crippen LogP contribution in [0.15, 0.2) is 36.4 Å². The maximum Gasteiger partial charge on any atom is 0.259 e. The van der Waals surface area contributed by atoms with Gasteiger partial charge in [-0.05, 0) is 55.2 Å². The molecule has 0 aliphatic carbocycles. The number of benzene rings is 2. The van der Waals surface area contributed by atoms with E-state index in [1.807, 2.05) is 36.1 Å². The molecule has 128 valence electrons. The number of nitrogens with zero attached hydrogens (tertiary/aromatic N) is 1. The van der Waals surface area contributed by atoms with Crippen molar-refractivity contribution in [3.63, 3.8) is 0 Å². The fourth-order valence-corrected chi connectivity index (χ4v) is 3.69. The van der Waals surface area contributed by atoms with Crippen LogP contribution in [0.4, 0.5) is 11.4 Å². The van der Waals surface area contributed by atoms with Crippen molar-refractivity contribution in [2.75, 3.05) is 23.4 Å². The minimum Gasteiger partial charge on any atom is -0.493 e. The van der Waals surface area contributed by atoms with Crippen molar-refractivity contribution in [2.24, 2.45) is 0 Å². The molecule has 0 unspecified atom stereocenters. The molecule has 25 heavy (non-hydrogen) atoms. The monoisotopic (exact) mass is 336 g/mol. The van der Waals surface area contributed by atoms with Crippen LogP contribution in [0.25, 0.3) is 0 Å². The molecule has 2 aliphatic heterocycles. The van der Waals surface area contributed by atoms with Gasteiger partial charge in [0, 0.05) is 12.2 Å². The van der Waals surface area contributed by atoms with E-state index < -0.39 is 0 Å². The lowest BCUT2D eigenvalue weighted by Crippen LogP contribution is -2.31. The fourth-order valence-electron chi connectivity index (χ4n) is 3.69. The van der Waals surface area contributed by atoms with Gasteiger partial charge in [-0.3, -0.25) is 9.59 Å². The first kappa shape index (κ1) is 15.7. The van der Waals surface area contributed by atoms with Crippen LogP contribution in [0.3, 0.4) is 0 Å². The molecule has 2 aliphatic rings. The van der Waals surface area contributed by atoms with Crippen LogP contribution < -0.4 is 15.0 Å². The number of nitrogens with one attached hydrogen (secondary N) is 1. The van der Waals surface area contributed by atoms with Crippen LogP contribution in [0, 0.1) is 0 Å². The summed E-state index contributed by atoms with van der Waals surface area (Å²) < 4.78 is 5.54. The molecule has 0 saturated carbocycles. The molecule has 2 heterocycles. The first-order valence-corrected chi connectivity index (χ1v) is 8.66. The SMILES string of the molecule is CCOc1ccccc1C(=O)Nc1cc2c3c(c1)CC(=O)N3CCC2. The summed E-state index contributed by atoms with van der Waals surface area (Å²) in [6.07, 6.45) is 2.32. The van der Waals surface area contributed by atoms with Crippen LogP contribution in [-0.4, -0.2) is 25.0 Å². The Morgan fingerprint density at radius 3 is 2.88 bits per heavy atom. The smallest absolute Gasteiger partial charge is 0.259 e. The number of amides is 2. The van der Waals surface area contributed by atoms with E-state index in [9.17, 15) is 9.59 Å². The van der Waals surface area contributed by atoms with Gasteiger partial charge in [-0.2, -0.15) is 0 Å². The summed E-state index contributed by atoms with van der Waals surface area (Å²) in [5.74, 6) is 0.528. The molecule has 2 aromatic carbocycles. The first-order chi connectivity index (χ1) is 12.2. The van der Waals surface area contributed by atoms with Gasteiger partial charge in [0.2, 0.25) is 5.91 Å². The normalized spacial score (nSPS) is 15.1. The second kappa shape index (κ2) is 6.24. The highest BCUT2D eigenvalue weighted by molar-refractivity contribution is 6.07. The lowest BCUT2D eigenvalue weighted by atomic mass is 9.99. The van der Waals surface area contributed by atoms with Gasteiger partial charge in [0.15, 0.2) is 0 Å². The highest BCUT2D eigenvalue weighted by Gasteiger charge is 2.32. The van der Waals surface area contributed by atoms with E-state index in [1.165, 1.54) is 0 Å². The second-order valence-electron chi connectivity index (χ2n) is 6.35. The lowest BCUT2D eigenvalue weighted by Gasteiger charge is -2.26. The van der Waals surface area contributed by atoms with Crippen molar-refractivity contribution in [1.29, 1.82) is 0 Å². The highest BCUT2D eigenvalue weighted by Crippen LogP contribution is 2.39. The maximum absolute atomic E-state index is 12.7. The van der Waals surface area contributed by atoms with Gasteiger partial charge in [0.25, 0.3) is 5.91 Å². The van der Waals surface area contributed by atoms with Crippen LogP contribution >= 0.6 is 0 Å². The van der Waals surface area contributed by atoms with Gasteiger partial charge < -0.3 is 15.0 Å². The number of anilines is 2. The zero-order valence-electron chi connectivity index (χ0n) is 14.2. The molecule has 2 aromatic rings. The molecule has 0 saturated heterocycles. The van der Waals surface area contributed by atoms with E-state index in [0.717, 1.165) is 41.9 Å². The summed E-state index contributed by atoms with van der Waals surface area (Å²) in [6.45, 7) is 3.19. The number of aryl methyl sites for hydroxylation is 1. The van der Waals surface area contributed by atoms with Crippen molar-refractivity contribution in [2.45, 2.75) is 26.2 Å². The Bertz CT molecular complexity index is 860. The Morgan fingerprint density at radius 1 is 1.24 bits per heavy atom. The Morgan fingerprint density at radius 2 is 2.04 bits per heavy atom. The van der Waals surface area contributed by atoms with Gasteiger partial charge in [-0.15, -0.1) is 0 Å². The highest BCUT2D eigenvalue weighted by atomic mass is 16.5. The minimum atomic E-state index is -0.201. The van der Waals surface area contributed by atoms with Crippen molar-refractivity contribution >= 4 is 23.2 Å². The van der Waals surface area contributed by atoms with Gasteiger partial charge >= 0.3 is 0 Å². The van der Waals surface area contributed by atoms with Crippen molar-refractivity contribution < 1.29 is 14.3 Å². The van der Waals surface area contributed by atoms with Crippen LogP contribution in [0.1, 0.15) is 34.8 Å². The van der Waals surface area contributed by atoms with Crippen LogP contribution in [-0.2, 0) is 17.6 Å². The quantitative estimate of drug-likeness (QED) is 0.933. The first-order valence-electron chi connectivity index (χ1n) is 8.66. The number of carbonyl (C=O) groups is 2. The number of rotatable bonds is 4. The van der Waals surface area contributed by atoms with Gasteiger partial charge in [-0.1, -0.05) is 12.1 Å². The Labute approximate surface area is 146 Å². The van der Waals surface area contributed by atoms with Crippen LogP contribution in [0.5, 0.6) is 5.75 Å². The molecular formula is C20H20N2O3. The largest absolute Gasteiger partial charge is 0.493 e. The van der Waals surface area contributed by atoms with Crippen molar-refractivity contribution in [1.82, 2.24) is 0 Å². The average Bonchev–Trinajstić information content (AvgIpc) is 2.93. The van der Waals surface area contributed by atoms with Gasteiger partial charge in [-0.25, -0.2) is 0 Å². The van der Waals surface area contributed by atoms with Crippen molar-refractivity contribution in [3.8, 4) is 5.75 Å². The van der Waals surface area contributed by atoms with Gasteiger partial charge in [0.05, 0.1) is 24.3 Å². The summed E-state index contributed by atoms with van der Waals surface area (Å²) in [7, 11) is 0. The predicted octanol–water partition coefficient (Wildman–Crippen LogP) is 3.17. The zero-order chi connectivity index (χ0) is 17.4. The maximum atomic E-state index is 12.7. The second-order valence-corrected chi connectivity index (χ2v) is 6.35. The number of ether oxygens (including phenoxy) is 1. The Balaban J connectivity index is 1.63. The predicted molar refractivity (Wildman–Crippen MR) is 96.4 cm³/mol. The van der Waals surface area contributed by atoms with Crippen molar-refractivity contribution in [3.05, 3.63) is 53.1 Å². The molecule has 5 heteroatoms. The molecule has 0 bridgehead atoms. The molecule has 0 aromatic heterocycles. The number of hydrogen-bond acceptors (Lipinski definition) is 3. The molecule has 5 nitrogen and oxygen atoms in total. The third kappa shape index (κ3) is 2.76. The summed E-state index contributed by atoms with van der Waals surface area (Å²) in [5, 5.41) is 2.97. The molecule has 0 radical (unpaired) electrons. The Hall–Kier alpha value is -2.82. The average molecular weight is 336 g/mol. The Kier molecular flexibility index (Phi) is 3.92. The third-order valence-corrected chi connectivity index (χ3v) is 4.70. The van der Waals surface area contributed by atoms with Crippen LogP contribution in [0.2, 0.25) is 0 Å². The summed E-state index contributed by atoms with van der Waals surface area (Å²) in [6, 6.07) is 11.1. The summed E-state index contributed by atoms with van der Waals surface area (Å²) in [5.41, 5.74) is 4.46. The lowest BCUT2D eigenvalue weighted by molar-refractivity contribution is -0.117. The molecule has 0 spiro atoms. The van der Waals surface area contributed by atoms with Gasteiger partial charge in [0.1, 0.15) is 5.75 Å². The zero-order valence-corrected chi connectivity index (χ0v) is 14.2. The van der Waals surface area contributed by atoms with E-state index in [4.69, 9.17) is 4.74 Å². The molecule has 1 N–H and O–H groups in total. The standard InChI is InChI=1S/C20H20N2O3/c1-2-25-17-8-4-3-7-16(17)20(24)21-15-10-13-6-5-9-22-18(23)12-14(11-15)19(13)22/h3-4,7-8,10-11H,2,5-6,9,12H2,1H3,(H,21,24). The molecular weight excluding hydrogens is 316 g/mol. The van der Waals surface area contributed by atoms with E-state index in [2.05, 4.69) is 5.32 Å². The minimum absolute atomic E-state index is 0.154.